The van der Waals surface area contributed by atoms with E-state index in [4.69, 9.17) is 4.74 Å². The number of aliphatic hydroxyl groups is 1. The number of fused-ring (bicyclic) bond motifs is 2. The van der Waals surface area contributed by atoms with Crippen molar-refractivity contribution in [3.8, 4) is 0 Å². The molecule has 0 fully saturated rings. The number of aliphatic hydroxyl groups excluding tert-OH is 1. The number of aryl methyl sites for hydroxylation is 1. The van der Waals surface area contributed by atoms with Gasteiger partial charge in [0, 0.05) is 38.5 Å². The van der Waals surface area contributed by atoms with E-state index in [1.807, 2.05) is 32.0 Å². The molecule has 0 aliphatic carbocycles. The van der Waals surface area contributed by atoms with Crippen LogP contribution in [0, 0.1) is 5.92 Å². The van der Waals surface area contributed by atoms with E-state index in [0.29, 0.717) is 44.7 Å². The van der Waals surface area contributed by atoms with Crippen molar-refractivity contribution in [3.05, 3.63) is 47.3 Å². The Morgan fingerprint density at radius 2 is 2.00 bits per heavy atom. The molecule has 2 aromatic rings. The molecule has 194 valence electrons. The summed E-state index contributed by atoms with van der Waals surface area (Å²) in [5, 5.41) is 18.0. The molecule has 0 saturated heterocycles. The smallest absolute Gasteiger partial charge is 0.394 e. The van der Waals surface area contributed by atoms with E-state index in [1.54, 1.807) is 9.58 Å². The zero-order valence-electron chi connectivity index (χ0n) is 20.4. The summed E-state index contributed by atoms with van der Waals surface area (Å²) in [5.74, 6) is -0.103. The molecule has 1 aliphatic rings. The minimum atomic E-state index is -4.36. The second kappa shape index (κ2) is 12.0. The summed E-state index contributed by atoms with van der Waals surface area (Å²) in [7, 11) is 1.88. The molecule has 8 nitrogen and oxygen atoms in total. The van der Waals surface area contributed by atoms with Crippen molar-refractivity contribution in [2.45, 2.75) is 64.7 Å². The molecule has 1 aliphatic heterocycles. The predicted molar refractivity (Wildman–Crippen MR) is 123 cm³/mol. The number of halogens is 3. The number of rotatable bonds is 6. The van der Waals surface area contributed by atoms with E-state index >= 15 is 0 Å². The number of likely N-dealkylation sites (N-methyl/N-ethyl adjacent to an activating group) is 1. The van der Waals surface area contributed by atoms with Gasteiger partial charge in [0.25, 0.3) is 0 Å². The fourth-order valence-electron chi connectivity index (χ4n) is 4.18. The minimum absolute atomic E-state index is 0.0326. The first-order valence-corrected chi connectivity index (χ1v) is 11.8. The van der Waals surface area contributed by atoms with Crippen LogP contribution in [0.3, 0.4) is 0 Å². The second-order valence-corrected chi connectivity index (χ2v) is 9.37. The van der Waals surface area contributed by atoms with Crippen LogP contribution in [0.15, 0.2) is 30.5 Å². The fourth-order valence-corrected chi connectivity index (χ4v) is 4.18. The third-order valence-electron chi connectivity index (χ3n) is 6.27. The topological polar surface area (TPSA) is 83.7 Å². The summed E-state index contributed by atoms with van der Waals surface area (Å²) in [6.07, 6.45) is -1.89. The van der Waals surface area contributed by atoms with E-state index in [1.165, 1.54) is 12.1 Å². The number of amides is 1. The van der Waals surface area contributed by atoms with Crippen LogP contribution in [0.2, 0.25) is 0 Å². The second-order valence-electron chi connectivity index (χ2n) is 9.37. The number of hydrogen-bond donors (Lipinski definition) is 1. The van der Waals surface area contributed by atoms with E-state index < -0.39 is 11.7 Å². The molecular formula is C24H34F3N5O3. The van der Waals surface area contributed by atoms with Crippen LogP contribution in [0.5, 0.6) is 0 Å². The van der Waals surface area contributed by atoms with Crippen LogP contribution in [-0.2, 0) is 35.4 Å². The number of alkyl halides is 3. The monoisotopic (exact) mass is 497 g/mol. The molecule has 0 saturated carbocycles. The average Bonchev–Trinajstić information content (AvgIpc) is 3.26. The standard InChI is InChI=1S/C24H34F3N5O3/c1-17-11-32(18(2)15-33)23(34)5-4-10-31-13-21(28-29-31)16-35-22(17)14-30(3)12-19-6-8-20(9-7-19)24(25,26)27/h6-9,13,17-18,22,33H,4-5,10-12,14-16H2,1-3H3/t17-,18+,22+/m1/s1. The van der Waals surface area contributed by atoms with E-state index in [0.717, 1.165) is 17.7 Å². The molecule has 1 aromatic heterocycles. The van der Waals surface area contributed by atoms with Crippen LogP contribution < -0.4 is 0 Å². The van der Waals surface area contributed by atoms with Crippen LogP contribution in [-0.4, -0.2) is 74.7 Å². The fraction of sp³-hybridized carbons (Fsp3) is 0.625. The Kier molecular flexibility index (Phi) is 9.26. The molecule has 35 heavy (non-hydrogen) atoms. The van der Waals surface area contributed by atoms with E-state index in [2.05, 4.69) is 10.3 Å². The van der Waals surface area contributed by atoms with Crippen molar-refractivity contribution in [1.29, 1.82) is 0 Å². The summed E-state index contributed by atoms with van der Waals surface area (Å²) in [6.45, 7) is 5.85. The first-order valence-electron chi connectivity index (χ1n) is 11.8. The Morgan fingerprint density at radius 3 is 2.66 bits per heavy atom. The highest BCUT2D eigenvalue weighted by atomic mass is 19.4. The van der Waals surface area contributed by atoms with Crippen molar-refractivity contribution >= 4 is 5.91 Å². The van der Waals surface area contributed by atoms with Gasteiger partial charge in [-0.3, -0.25) is 14.4 Å². The van der Waals surface area contributed by atoms with Crippen LogP contribution in [0.25, 0.3) is 0 Å². The minimum Gasteiger partial charge on any atom is -0.394 e. The lowest BCUT2D eigenvalue weighted by Gasteiger charge is -2.35. The molecule has 0 radical (unpaired) electrons. The Bertz CT molecular complexity index is 951. The molecule has 0 spiro atoms. The first-order chi connectivity index (χ1) is 16.6. The Balaban J connectivity index is 1.74. The highest BCUT2D eigenvalue weighted by Crippen LogP contribution is 2.29. The molecule has 0 unspecified atom stereocenters. The van der Waals surface area contributed by atoms with Crippen molar-refractivity contribution in [2.75, 3.05) is 26.7 Å². The number of carbonyl (C=O) groups is 1. The van der Waals surface area contributed by atoms with Crippen molar-refractivity contribution < 1.29 is 27.8 Å². The Morgan fingerprint density at radius 1 is 1.29 bits per heavy atom. The lowest BCUT2D eigenvalue weighted by atomic mass is 10.0. The SMILES string of the molecule is C[C@@H]1CN([C@@H](C)CO)C(=O)CCCn2cc(nn2)CO[C@H]1CN(C)Cc1ccc(C(F)(F)F)cc1. The highest BCUT2D eigenvalue weighted by molar-refractivity contribution is 5.76. The molecule has 3 atom stereocenters. The lowest BCUT2D eigenvalue weighted by Crippen LogP contribution is -2.47. The maximum atomic E-state index is 12.9. The zero-order chi connectivity index (χ0) is 25.6. The quantitative estimate of drug-likeness (QED) is 0.661. The third-order valence-corrected chi connectivity index (χ3v) is 6.27. The molecule has 11 heteroatoms. The van der Waals surface area contributed by atoms with Crippen molar-refractivity contribution in [1.82, 2.24) is 24.8 Å². The molecule has 1 amide bonds. The Labute approximate surface area is 203 Å². The molecule has 1 N–H and O–H groups in total. The van der Waals surface area contributed by atoms with Gasteiger partial charge in [-0.05, 0) is 38.1 Å². The molecule has 3 rings (SSSR count). The number of hydrogen-bond acceptors (Lipinski definition) is 6. The zero-order valence-corrected chi connectivity index (χ0v) is 20.4. The maximum Gasteiger partial charge on any atom is 0.416 e. The largest absolute Gasteiger partial charge is 0.416 e. The maximum absolute atomic E-state index is 12.9. The number of benzene rings is 1. The molecule has 2 heterocycles. The van der Waals surface area contributed by atoms with Gasteiger partial charge in [0.15, 0.2) is 0 Å². The van der Waals surface area contributed by atoms with Gasteiger partial charge in [0.2, 0.25) is 5.91 Å². The predicted octanol–water partition coefficient (Wildman–Crippen LogP) is 2.95. The van der Waals surface area contributed by atoms with Crippen molar-refractivity contribution in [2.24, 2.45) is 5.92 Å². The van der Waals surface area contributed by atoms with Crippen molar-refractivity contribution in [3.63, 3.8) is 0 Å². The number of carbonyl (C=O) groups excluding carboxylic acids is 1. The Hall–Kier alpha value is -2.50. The number of ether oxygens (including phenoxy) is 1. The lowest BCUT2D eigenvalue weighted by molar-refractivity contribution is -0.137. The summed E-state index contributed by atoms with van der Waals surface area (Å²) in [4.78, 5) is 16.6. The number of aromatic nitrogens is 3. The highest BCUT2D eigenvalue weighted by Gasteiger charge is 2.30. The van der Waals surface area contributed by atoms with E-state index in [9.17, 15) is 23.1 Å². The van der Waals surface area contributed by atoms with Gasteiger partial charge in [-0.2, -0.15) is 13.2 Å². The molecule has 2 bridgehead atoms. The van der Waals surface area contributed by atoms with Crippen LogP contribution in [0.4, 0.5) is 13.2 Å². The van der Waals surface area contributed by atoms with Gasteiger partial charge in [-0.25, -0.2) is 0 Å². The van der Waals surface area contributed by atoms with E-state index in [-0.39, 0.29) is 37.2 Å². The first kappa shape index (κ1) is 27.1. The van der Waals surface area contributed by atoms with Crippen LogP contribution in [0.1, 0.15) is 43.5 Å². The summed E-state index contributed by atoms with van der Waals surface area (Å²) in [6, 6.07) is 4.82. The summed E-state index contributed by atoms with van der Waals surface area (Å²) >= 11 is 0. The normalized spacial score (nSPS) is 21.4. The third kappa shape index (κ3) is 7.74. The summed E-state index contributed by atoms with van der Waals surface area (Å²) < 4.78 is 46.5. The van der Waals surface area contributed by atoms with Gasteiger partial charge in [0.1, 0.15) is 5.69 Å². The van der Waals surface area contributed by atoms with Gasteiger partial charge in [0.05, 0.1) is 37.1 Å². The van der Waals surface area contributed by atoms with Crippen LogP contribution >= 0.6 is 0 Å². The van der Waals surface area contributed by atoms with Gasteiger partial charge in [-0.15, -0.1) is 5.10 Å². The van der Waals surface area contributed by atoms with Gasteiger partial charge < -0.3 is 14.7 Å². The molecule has 1 aromatic carbocycles. The molecular weight excluding hydrogens is 463 g/mol. The van der Waals surface area contributed by atoms with Gasteiger partial charge in [-0.1, -0.05) is 24.3 Å². The summed E-state index contributed by atoms with van der Waals surface area (Å²) in [5.41, 5.74) is 0.775. The average molecular weight is 498 g/mol. The number of nitrogens with zero attached hydrogens (tertiary/aromatic N) is 5. The van der Waals surface area contributed by atoms with Gasteiger partial charge >= 0.3 is 6.18 Å².